The van der Waals surface area contributed by atoms with Crippen LogP contribution in [0.4, 0.5) is 10.5 Å². The number of amides is 2. The van der Waals surface area contributed by atoms with Crippen LogP contribution in [0.2, 0.25) is 0 Å². The predicted octanol–water partition coefficient (Wildman–Crippen LogP) is 2.85. The van der Waals surface area contributed by atoms with Crippen molar-refractivity contribution in [3.05, 3.63) is 23.8 Å². The third kappa shape index (κ3) is 5.35. The Morgan fingerprint density at radius 1 is 1.30 bits per heavy atom. The van der Waals surface area contributed by atoms with Gasteiger partial charge in [0.05, 0.1) is 30.3 Å². The SMILES string of the molecule is COc1ccc(CS(C)(=O)=O)cc1NC(=O)NCC1CCC2(CCCC2)O1. The highest BCUT2D eigenvalue weighted by atomic mass is 32.2. The number of hydrogen-bond donors (Lipinski definition) is 2. The molecule has 1 atom stereocenters. The number of hydrogen-bond acceptors (Lipinski definition) is 5. The van der Waals surface area contributed by atoms with Crippen molar-refractivity contribution in [1.82, 2.24) is 5.32 Å². The van der Waals surface area contributed by atoms with E-state index in [4.69, 9.17) is 9.47 Å². The smallest absolute Gasteiger partial charge is 0.319 e. The Hall–Kier alpha value is -1.80. The van der Waals surface area contributed by atoms with Crippen LogP contribution >= 0.6 is 0 Å². The number of methoxy groups -OCH3 is 1. The molecule has 1 aliphatic heterocycles. The summed E-state index contributed by atoms with van der Waals surface area (Å²) < 4.78 is 34.5. The van der Waals surface area contributed by atoms with Gasteiger partial charge in [0.1, 0.15) is 5.75 Å². The zero-order valence-electron chi connectivity index (χ0n) is 15.9. The molecular formula is C19H28N2O5S. The van der Waals surface area contributed by atoms with E-state index >= 15 is 0 Å². The Labute approximate surface area is 160 Å². The Balaban J connectivity index is 1.56. The van der Waals surface area contributed by atoms with Gasteiger partial charge in [-0.25, -0.2) is 13.2 Å². The van der Waals surface area contributed by atoms with Gasteiger partial charge in [-0.2, -0.15) is 0 Å². The van der Waals surface area contributed by atoms with Crippen LogP contribution in [0.15, 0.2) is 18.2 Å². The largest absolute Gasteiger partial charge is 0.495 e. The molecular weight excluding hydrogens is 368 g/mol. The van der Waals surface area contributed by atoms with Gasteiger partial charge in [0.25, 0.3) is 0 Å². The normalized spacial score (nSPS) is 21.3. The van der Waals surface area contributed by atoms with Gasteiger partial charge in [-0.3, -0.25) is 0 Å². The number of rotatable bonds is 6. The van der Waals surface area contributed by atoms with Gasteiger partial charge in [0.15, 0.2) is 9.84 Å². The van der Waals surface area contributed by atoms with Crippen molar-refractivity contribution in [3.8, 4) is 5.75 Å². The summed E-state index contributed by atoms with van der Waals surface area (Å²) in [7, 11) is -1.66. The molecule has 8 heteroatoms. The van der Waals surface area contributed by atoms with E-state index in [1.165, 1.54) is 26.2 Å². The van der Waals surface area contributed by atoms with Crippen LogP contribution in [0.25, 0.3) is 0 Å². The lowest BCUT2D eigenvalue weighted by Crippen LogP contribution is -2.36. The summed E-state index contributed by atoms with van der Waals surface area (Å²) in [6.07, 6.45) is 7.97. The number of urea groups is 1. The van der Waals surface area contributed by atoms with Gasteiger partial charge in [-0.1, -0.05) is 18.9 Å². The van der Waals surface area contributed by atoms with E-state index in [0.29, 0.717) is 23.5 Å². The summed E-state index contributed by atoms with van der Waals surface area (Å²) in [5.74, 6) is 0.384. The minimum absolute atomic E-state index is 0.0476. The molecule has 1 aromatic rings. The van der Waals surface area contributed by atoms with Crippen molar-refractivity contribution in [2.24, 2.45) is 0 Å². The number of nitrogens with one attached hydrogen (secondary N) is 2. The summed E-state index contributed by atoms with van der Waals surface area (Å²) in [6, 6.07) is 4.59. The average molecular weight is 397 g/mol. The third-order valence-corrected chi connectivity index (χ3v) is 6.14. The molecule has 2 amide bonds. The lowest BCUT2D eigenvalue weighted by Gasteiger charge is -2.24. The molecule has 7 nitrogen and oxygen atoms in total. The lowest BCUT2D eigenvalue weighted by molar-refractivity contribution is -0.0340. The monoisotopic (exact) mass is 396 g/mol. The fourth-order valence-electron chi connectivity index (χ4n) is 4.04. The van der Waals surface area contributed by atoms with E-state index in [9.17, 15) is 13.2 Å². The second-order valence-electron chi connectivity index (χ2n) is 7.61. The first-order chi connectivity index (χ1) is 12.8. The molecule has 1 saturated heterocycles. The summed E-state index contributed by atoms with van der Waals surface area (Å²) in [6.45, 7) is 0.457. The highest BCUT2D eigenvalue weighted by molar-refractivity contribution is 7.89. The standard InChI is InChI=1S/C19H28N2O5S/c1-25-17-6-5-14(13-27(2,23)24)11-16(17)21-18(22)20-12-15-7-10-19(26-15)8-3-4-9-19/h5-6,11,15H,3-4,7-10,12-13H2,1-2H3,(H2,20,21,22). The zero-order valence-corrected chi connectivity index (χ0v) is 16.7. The molecule has 1 unspecified atom stereocenters. The highest BCUT2D eigenvalue weighted by Crippen LogP contribution is 2.43. The van der Waals surface area contributed by atoms with Gasteiger partial charge in [0, 0.05) is 12.8 Å². The second kappa shape index (κ2) is 8.06. The molecule has 2 aliphatic rings. The summed E-state index contributed by atoms with van der Waals surface area (Å²) >= 11 is 0. The first-order valence-electron chi connectivity index (χ1n) is 9.36. The molecule has 150 valence electrons. The van der Waals surface area contributed by atoms with E-state index in [-0.39, 0.29) is 23.5 Å². The van der Waals surface area contributed by atoms with Crippen LogP contribution in [-0.4, -0.2) is 46.1 Å². The molecule has 1 aromatic carbocycles. The Morgan fingerprint density at radius 3 is 2.70 bits per heavy atom. The van der Waals surface area contributed by atoms with Crippen molar-refractivity contribution >= 4 is 21.6 Å². The Bertz CT molecular complexity index is 787. The molecule has 0 aromatic heterocycles. The minimum Gasteiger partial charge on any atom is -0.495 e. The van der Waals surface area contributed by atoms with Crippen molar-refractivity contribution in [2.45, 2.75) is 56.0 Å². The van der Waals surface area contributed by atoms with E-state index in [1.807, 2.05) is 0 Å². The van der Waals surface area contributed by atoms with Gasteiger partial charge in [0.2, 0.25) is 0 Å². The van der Waals surface area contributed by atoms with Gasteiger partial charge >= 0.3 is 6.03 Å². The summed E-state index contributed by atoms with van der Waals surface area (Å²) in [4.78, 5) is 12.3. The van der Waals surface area contributed by atoms with Crippen LogP contribution in [0.5, 0.6) is 5.75 Å². The fraction of sp³-hybridized carbons (Fsp3) is 0.632. The molecule has 1 heterocycles. The van der Waals surface area contributed by atoms with E-state index in [2.05, 4.69) is 10.6 Å². The Morgan fingerprint density at radius 2 is 2.04 bits per heavy atom. The third-order valence-electron chi connectivity index (χ3n) is 5.28. The van der Waals surface area contributed by atoms with Crippen LogP contribution in [-0.2, 0) is 20.3 Å². The molecule has 1 saturated carbocycles. The molecule has 1 spiro atoms. The lowest BCUT2D eigenvalue weighted by atomic mass is 9.98. The van der Waals surface area contributed by atoms with Gasteiger partial charge < -0.3 is 20.1 Å². The van der Waals surface area contributed by atoms with Crippen LogP contribution in [0.3, 0.4) is 0 Å². The predicted molar refractivity (Wildman–Crippen MR) is 104 cm³/mol. The molecule has 1 aliphatic carbocycles. The number of sulfone groups is 1. The highest BCUT2D eigenvalue weighted by Gasteiger charge is 2.42. The topological polar surface area (TPSA) is 93.7 Å². The van der Waals surface area contributed by atoms with Crippen molar-refractivity contribution in [2.75, 3.05) is 25.2 Å². The van der Waals surface area contributed by atoms with Gasteiger partial charge in [-0.05, 0) is 43.4 Å². The second-order valence-corrected chi connectivity index (χ2v) is 9.75. The molecule has 0 radical (unpaired) electrons. The van der Waals surface area contributed by atoms with Crippen LogP contribution in [0.1, 0.15) is 44.1 Å². The van der Waals surface area contributed by atoms with E-state index < -0.39 is 9.84 Å². The minimum atomic E-state index is -3.16. The Kier molecular flexibility index (Phi) is 5.95. The fourth-order valence-corrected chi connectivity index (χ4v) is 4.83. The van der Waals surface area contributed by atoms with Gasteiger partial charge in [-0.15, -0.1) is 0 Å². The molecule has 2 N–H and O–H groups in total. The average Bonchev–Trinajstić information content (AvgIpc) is 3.22. The molecule has 2 fully saturated rings. The molecule has 0 bridgehead atoms. The quantitative estimate of drug-likeness (QED) is 0.771. The first-order valence-corrected chi connectivity index (χ1v) is 11.4. The number of carbonyl (C=O) groups is 1. The maximum absolute atomic E-state index is 12.3. The number of anilines is 1. The number of benzene rings is 1. The number of carbonyl (C=O) groups excluding carboxylic acids is 1. The first kappa shape index (κ1) is 19.9. The molecule has 27 heavy (non-hydrogen) atoms. The summed E-state index contributed by atoms with van der Waals surface area (Å²) in [5.41, 5.74) is 1.08. The van der Waals surface area contributed by atoms with Crippen molar-refractivity contribution < 1.29 is 22.7 Å². The van der Waals surface area contributed by atoms with Crippen molar-refractivity contribution in [1.29, 1.82) is 0 Å². The summed E-state index contributed by atoms with van der Waals surface area (Å²) in [5, 5.41) is 5.60. The maximum atomic E-state index is 12.3. The van der Waals surface area contributed by atoms with Crippen LogP contribution < -0.4 is 15.4 Å². The van der Waals surface area contributed by atoms with E-state index in [1.54, 1.807) is 18.2 Å². The molecule has 3 rings (SSSR count). The number of ether oxygens (including phenoxy) is 2. The zero-order chi connectivity index (χ0) is 19.5. The van der Waals surface area contributed by atoms with E-state index in [0.717, 1.165) is 25.7 Å². The van der Waals surface area contributed by atoms with Crippen molar-refractivity contribution in [3.63, 3.8) is 0 Å². The maximum Gasteiger partial charge on any atom is 0.319 e. The van der Waals surface area contributed by atoms with Crippen LogP contribution in [0, 0.1) is 0 Å².